The molecule has 0 heteroatoms. The van der Waals surface area contributed by atoms with Crippen molar-refractivity contribution >= 4 is 0 Å². The molecule has 2 aliphatic carbocycles. The molecule has 0 aromatic carbocycles. The van der Waals surface area contributed by atoms with Gasteiger partial charge in [-0.1, -0.05) is 46.3 Å². The summed E-state index contributed by atoms with van der Waals surface area (Å²) in [5, 5.41) is 0. The van der Waals surface area contributed by atoms with Crippen LogP contribution in [0.15, 0.2) is 11.6 Å². The summed E-state index contributed by atoms with van der Waals surface area (Å²) in [7, 11) is 0. The topological polar surface area (TPSA) is 0 Å². The van der Waals surface area contributed by atoms with Gasteiger partial charge in [-0.15, -0.1) is 0 Å². The number of hydrogen-bond donors (Lipinski definition) is 0. The molecule has 16 heavy (non-hydrogen) atoms. The molecule has 0 saturated heterocycles. The standard InChI is InChI=1S/C16H28/c1-15(2,3)9-8-12-6-7-14-10-13(12)11-16(14,4)5/h6,13-14H,7-11H2,1-5H3/t13-,14+/m1/s1. The van der Waals surface area contributed by atoms with Crippen molar-refractivity contribution in [2.75, 3.05) is 0 Å². The van der Waals surface area contributed by atoms with Gasteiger partial charge in [0, 0.05) is 0 Å². The van der Waals surface area contributed by atoms with Crippen LogP contribution in [0.5, 0.6) is 0 Å². The highest BCUT2D eigenvalue weighted by molar-refractivity contribution is 5.17. The smallest absolute Gasteiger partial charge is 0.0195 e. The molecule has 0 unspecified atom stereocenters. The molecule has 0 aliphatic heterocycles. The van der Waals surface area contributed by atoms with Crippen molar-refractivity contribution in [2.24, 2.45) is 22.7 Å². The summed E-state index contributed by atoms with van der Waals surface area (Å²) in [5.74, 6) is 1.90. The highest BCUT2D eigenvalue weighted by Crippen LogP contribution is 2.54. The molecule has 2 rings (SSSR count). The van der Waals surface area contributed by atoms with Crippen LogP contribution >= 0.6 is 0 Å². The number of allylic oxidation sites excluding steroid dienone is 2. The lowest BCUT2D eigenvalue weighted by Gasteiger charge is -2.26. The van der Waals surface area contributed by atoms with Crippen LogP contribution < -0.4 is 0 Å². The Hall–Kier alpha value is -0.260. The summed E-state index contributed by atoms with van der Waals surface area (Å²) in [4.78, 5) is 0. The molecule has 0 aromatic rings. The molecule has 0 N–H and O–H groups in total. The minimum absolute atomic E-state index is 0.492. The monoisotopic (exact) mass is 220 g/mol. The quantitative estimate of drug-likeness (QED) is 0.561. The first-order valence-corrected chi connectivity index (χ1v) is 6.97. The second-order valence-electron chi connectivity index (χ2n) is 7.90. The maximum Gasteiger partial charge on any atom is -0.0195 e. The fraction of sp³-hybridized carbons (Fsp3) is 0.875. The third-order valence-electron chi connectivity index (χ3n) is 4.80. The van der Waals surface area contributed by atoms with E-state index in [2.05, 4.69) is 40.7 Å². The Morgan fingerprint density at radius 3 is 2.62 bits per heavy atom. The molecule has 2 atom stereocenters. The van der Waals surface area contributed by atoms with E-state index in [-0.39, 0.29) is 0 Å². The van der Waals surface area contributed by atoms with Gasteiger partial charge in [-0.05, 0) is 54.8 Å². The summed E-state index contributed by atoms with van der Waals surface area (Å²) in [6.45, 7) is 12.0. The van der Waals surface area contributed by atoms with Gasteiger partial charge in [-0.3, -0.25) is 0 Å². The van der Waals surface area contributed by atoms with E-state index in [9.17, 15) is 0 Å². The van der Waals surface area contributed by atoms with Crippen molar-refractivity contribution in [3.8, 4) is 0 Å². The first-order valence-electron chi connectivity index (χ1n) is 6.97. The Bertz CT molecular complexity index is 288. The van der Waals surface area contributed by atoms with Gasteiger partial charge in [0.2, 0.25) is 0 Å². The first kappa shape index (κ1) is 12.2. The summed E-state index contributed by atoms with van der Waals surface area (Å²) < 4.78 is 0. The number of fused-ring (bicyclic) bond motifs is 2. The zero-order chi connectivity index (χ0) is 12.0. The molecular formula is C16H28. The summed E-state index contributed by atoms with van der Waals surface area (Å²) >= 11 is 0. The highest BCUT2D eigenvalue weighted by Gasteiger charge is 2.43. The second kappa shape index (κ2) is 3.89. The third-order valence-corrected chi connectivity index (χ3v) is 4.80. The van der Waals surface area contributed by atoms with Crippen LogP contribution in [0.3, 0.4) is 0 Å². The molecule has 1 saturated carbocycles. The van der Waals surface area contributed by atoms with E-state index < -0.39 is 0 Å². The lowest BCUT2D eigenvalue weighted by molar-refractivity contribution is 0.263. The Kier molecular flexibility index (Phi) is 2.97. The molecule has 1 fully saturated rings. The van der Waals surface area contributed by atoms with Crippen LogP contribution in [0, 0.1) is 22.7 Å². The van der Waals surface area contributed by atoms with Gasteiger partial charge in [-0.25, -0.2) is 0 Å². The largest absolute Gasteiger partial charge is 0.0848 e. The predicted octanol–water partition coefficient (Wildman–Crippen LogP) is 5.20. The van der Waals surface area contributed by atoms with Crippen LogP contribution in [-0.4, -0.2) is 0 Å². The van der Waals surface area contributed by atoms with E-state index in [1.54, 1.807) is 5.57 Å². The average Bonchev–Trinajstić information content (AvgIpc) is 2.35. The maximum atomic E-state index is 2.58. The summed E-state index contributed by atoms with van der Waals surface area (Å²) in [5.41, 5.74) is 2.88. The fourth-order valence-corrected chi connectivity index (χ4v) is 3.53. The third kappa shape index (κ3) is 2.52. The van der Waals surface area contributed by atoms with Crippen LogP contribution in [0.2, 0.25) is 0 Å². The molecule has 0 heterocycles. The molecule has 0 spiro atoms. The average molecular weight is 220 g/mol. The Morgan fingerprint density at radius 2 is 2.00 bits per heavy atom. The molecule has 0 radical (unpaired) electrons. The maximum absolute atomic E-state index is 2.58. The van der Waals surface area contributed by atoms with Crippen LogP contribution in [0.25, 0.3) is 0 Å². The van der Waals surface area contributed by atoms with Gasteiger partial charge in [0.25, 0.3) is 0 Å². The van der Waals surface area contributed by atoms with Gasteiger partial charge in [0.1, 0.15) is 0 Å². The number of rotatable bonds is 2. The van der Waals surface area contributed by atoms with Crippen LogP contribution in [0.4, 0.5) is 0 Å². The molecule has 0 nitrogen and oxygen atoms in total. The zero-order valence-corrected chi connectivity index (χ0v) is 11.8. The van der Waals surface area contributed by atoms with Gasteiger partial charge in [0.05, 0.1) is 0 Å². The SMILES string of the molecule is CC(C)(C)CCC1=CC[C@H]2C[C@@H]1CC2(C)C. The fourth-order valence-electron chi connectivity index (χ4n) is 3.53. The summed E-state index contributed by atoms with van der Waals surface area (Å²) in [6.07, 6.45) is 9.54. The molecule has 0 amide bonds. The molecule has 2 aliphatic rings. The van der Waals surface area contributed by atoms with Crippen molar-refractivity contribution in [2.45, 2.75) is 66.7 Å². The van der Waals surface area contributed by atoms with E-state index in [0.29, 0.717) is 10.8 Å². The Labute approximate surface area is 102 Å². The van der Waals surface area contributed by atoms with Gasteiger partial charge >= 0.3 is 0 Å². The summed E-state index contributed by atoms with van der Waals surface area (Å²) in [6, 6.07) is 0. The number of hydrogen-bond acceptors (Lipinski definition) is 0. The first-order chi connectivity index (χ1) is 7.28. The molecule has 0 aromatic heterocycles. The van der Waals surface area contributed by atoms with Crippen molar-refractivity contribution in [3.05, 3.63) is 11.6 Å². The highest BCUT2D eigenvalue weighted by atomic mass is 14.5. The van der Waals surface area contributed by atoms with Gasteiger partial charge < -0.3 is 0 Å². The Balaban J connectivity index is 1.97. The van der Waals surface area contributed by atoms with Gasteiger partial charge in [0.15, 0.2) is 0 Å². The van der Waals surface area contributed by atoms with Crippen molar-refractivity contribution in [1.29, 1.82) is 0 Å². The van der Waals surface area contributed by atoms with Crippen LogP contribution in [-0.2, 0) is 0 Å². The minimum atomic E-state index is 0.492. The van der Waals surface area contributed by atoms with Crippen LogP contribution in [0.1, 0.15) is 66.7 Å². The van der Waals surface area contributed by atoms with E-state index in [0.717, 1.165) is 11.8 Å². The van der Waals surface area contributed by atoms with Gasteiger partial charge in [-0.2, -0.15) is 0 Å². The zero-order valence-electron chi connectivity index (χ0n) is 11.8. The van der Waals surface area contributed by atoms with Crippen molar-refractivity contribution in [1.82, 2.24) is 0 Å². The lowest BCUT2D eigenvalue weighted by atomic mass is 9.79. The van der Waals surface area contributed by atoms with E-state index in [4.69, 9.17) is 0 Å². The molecule has 92 valence electrons. The van der Waals surface area contributed by atoms with E-state index in [1.165, 1.54) is 32.1 Å². The molecule has 2 bridgehead atoms. The predicted molar refractivity (Wildman–Crippen MR) is 71.4 cm³/mol. The second-order valence-corrected chi connectivity index (χ2v) is 7.90. The lowest BCUT2D eigenvalue weighted by Crippen LogP contribution is -2.16. The normalized spacial score (nSPS) is 32.7. The van der Waals surface area contributed by atoms with Crippen molar-refractivity contribution < 1.29 is 0 Å². The van der Waals surface area contributed by atoms with E-state index in [1.807, 2.05) is 0 Å². The minimum Gasteiger partial charge on any atom is -0.0848 e. The Morgan fingerprint density at radius 1 is 1.31 bits per heavy atom. The van der Waals surface area contributed by atoms with Crippen molar-refractivity contribution in [3.63, 3.8) is 0 Å². The van der Waals surface area contributed by atoms with E-state index >= 15 is 0 Å². The molecular weight excluding hydrogens is 192 g/mol.